The second-order valence-corrected chi connectivity index (χ2v) is 4.26. The van der Waals surface area contributed by atoms with Crippen molar-refractivity contribution in [3.05, 3.63) is 41.6 Å². The first kappa shape index (κ1) is 13.3. The van der Waals surface area contributed by atoms with Gasteiger partial charge in [-0.15, -0.1) is 0 Å². The van der Waals surface area contributed by atoms with Crippen LogP contribution in [0.1, 0.15) is 25.0 Å². The lowest BCUT2D eigenvalue weighted by Crippen LogP contribution is -2.12. The molecule has 92 valence electrons. The van der Waals surface area contributed by atoms with Crippen molar-refractivity contribution in [1.29, 1.82) is 0 Å². The maximum absolute atomic E-state index is 10.7. The predicted octanol–water partition coefficient (Wildman–Crippen LogP) is 2.53. The van der Waals surface area contributed by atoms with Gasteiger partial charge in [-0.05, 0) is 36.2 Å². The molecule has 0 heterocycles. The maximum atomic E-state index is 10.7. The third-order valence-corrected chi connectivity index (χ3v) is 2.73. The van der Waals surface area contributed by atoms with Gasteiger partial charge in [0.25, 0.3) is 0 Å². The predicted molar refractivity (Wildman–Crippen MR) is 69.7 cm³/mol. The van der Waals surface area contributed by atoms with Gasteiger partial charge in [0.1, 0.15) is 0 Å². The van der Waals surface area contributed by atoms with E-state index in [2.05, 4.69) is 5.32 Å². The highest BCUT2D eigenvalue weighted by molar-refractivity contribution is 5.70. The third-order valence-electron chi connectivity index (χ3n) is 2.73. The van der Waals surface area contributed by atoms with Crippen LogP contribution in [0.15, 0.2) is 30.5 Å². The fourth-order valence-corrected chi connectivity index (χ4v) is 1.64. The van der Waals surface area contributed by atoms with Gasteiger partial charge in [-0.25, -0.2) is 0 Å². The average molecular weight is 233 g/mol. The molecule has 1 atom stereocenters. The van der Waals surface area contributed by atoms with Crippen LogP contribution in [-0.2, 0) is 11.2 Å². The van der Waals surface area contributed by atoms with Gasteiger partial charge in [0.15, 0.2) is 0 Å². The SMILES string of the molecule is CN/C=C(\C)c1ccc(CC(C)C(=O)O)cc1. The molecule has 3 nitrogen and oxygen atoms in total. The molecule has 17 heavy (non-hydrogen) atoms. The number of nitrogens with one attached hydrogen (secondary N) is 1. The van der Waals surface area contributed by atoms with Crippen LogP contribution in [0.5, 0.6) is 0 Å². The number of rotatable bonds is 5. The summed E-state index contributed by atoms with van der Waals surface area (Å²) in [5.41, 5.74) is 3.36. The van der Waals surface area contributed by atoms with Crippen molar-refractivity contribution in [2.24, 2.45) is 5.92 Å². The van der Waals surface area contributed by atoms with Gasteiger partial charge in [0, 0.05) is 7.05 Å². The molecule has 0 fully saturated rings. The van der Waals surface area contributed by atoms with Crippen molar-refractivity contribution in [2.75, 3.05) is 7.05 Å². The van der Waals surface area contributed by atoms with E-state index in [0.29, 0.717) is 6.42 Å². The molecule has 1 aromatic rings. The molecule has 1 aromatic carbocycles. The van der Waals surface area contributed by atoms with Gasteiger partial charge in [0.2, 0.25) is 0 Å². The summed E-state index contributed by atoms with van der Waals surface area (Å²) in [6, 6.07) is 8.02. The molecule has 0 saturated heterocycles. The quantitative estimate of drug-likeness (QED) is 0.821. The van der Waals surface area contributed by atoms with Gasteiger partial charge in [-0.2, -0.15) is 0 Å². The van der Waals surface area contributed by atoms with Crippen LogP contribution in [0.2, 0.25) is 0 Å². The van der Waals surface area contributed by atoms with E-state index in [1.165, 1.54) is 0 Å². The zero-order valence-corrected chi connectivity index (χ0v) is 10.5. The summed E-state index contributed by atoms with van der Waals surface area (Å²) in [4.78, 5) is 10.7. The second kappa shape index (κ2) is 6.09. The number of allylic oxidation sites excluding steroid dienone is 1. The summed E-state index contributed by atoms with van der Waals surface area (Å²) < 4.78 is 0. The zero-order valence-electron chi connectivity index (χ0n) is 10.5. The monoisotopic (exact) mass is 233 g/mol. The van der Waals surface area contributed by atoms with Gasteiger partial charge in [-0.1, -0.05) is 31.2 Å². The Morgan fingerprint density at radius 1 is 1.41 bits per heavy atom. The van der Waals surface area contributed by atoms with Crippen LogP contribution in [0.3, 0.4) is 0 Å². The number of carboxylic acids is 1. The summed E-state index contributed by atoms with van der Waals surface area (Å²) >= 11 is 0. The Bertz CT molecular complexity index is 407. The standard InChI is InChI=1S/C14H19NO2/c1-10(14(16)17)8-12-4-6-13(7-5-12)11(2)9-15-3/h4-7,9-10,15H,8H2,1-3H3,(H,16,17)/b11-9+. The van der Waals surface area contributed by atoms with E-state index in [0.717, 1.165) is 16.7 Å². The number of benzene rings is 1. The first-order valence-corrected chi connectivity index (χ1v) is 5.70. The lowest BCUT2D eigenvalue weighted by Gasteiger charge is -2.07. The average Bonchev–Trinajstić information content (AvgIpc) is 2.30. The summed E-state index contributed by atoms with van der Waals surface area (Å²) in [5, 5.41) is 11.8. The van der Waals surface area contributed by atoms with E-state index >= 15 is 0 Å². The minimum atomic E-state index is -0.750. The lowest BCUT2D eigenvalue weighted by atomic mass is 9.99. The van der Waals surface area contributed by atoms with Gasteiger partial charge >= 0.3 is 5.97 Å². The zero-order chi connectivity index (χ0) is 12.8. The van der Waals surface area contributed by atoms with Crippen LogP contribution in [0, 0.1) is 5.92 Å². The van der Waals surface area contributed by atoms with Crippen molar-refractivity contribution < 1.29 is 9.90 Å². The Labute approximate surface area is 102 Å². The molecule has 2 N–H and O–H groups in total. The van der Waals surface area contributed by atoms with Crippen LogP contribution >= 0.6 is 0 Å². The molecular weight excluding hydrogens is 214 g/mol. The molecule has 0 aliphatic carbocycles. The van der Waals surface area contributed by atoms with Crippen LogP contribution in [0.4, 0.5) is 0 Å². The van der Waals surface area contributed by atoms with E-state index < -0.39 is 5.97 Å². The molecule has 0 radical (unpaired) electrons. The first-order chi connectivity index (χ1) is 8.04. The molecule has 0 spiro atoms. The van der Waals surface area contributed by atoms with Crippen molar-refractivity contribution in [2.45, 2.75) is 20.3 Å². The topological polar surface area (TPSA) is 49.3 Å². The first-order valence-electron chi connectivity index (χ1n) is 5.70. The van der Waals surface area contributed by atoms with Crippen molar-refractivity contribution in [3.8, 4) is 0 Å². The number of aliphatic carboxylic acids is 1. The number of carboxylic acid groups (broad SMARTS) is 1. The molecule has 1 rings (SSSR count). The van der Waals surface area contributed by atoms with E-state index in [4.69, 9.17) is 5.11 Å². The fraction of sp³-hybridized carbons (Fsp3) is 0.357. The van der Waals surface area contributed by atoms with Crippen LogP contribution in [0.25, 0.3) is 5.57 Å². The largest absolute Gasteiger partial charge is 0.481 e. The Balaban J connectivity index is 2.75. The highest BCUT2D eigenvalue weighted by Crippen LogP contribution is 2.15. The highest BCUT2D eigenvalue weighted by atomic mass is 16.4. The highest BCUT2D eigenvalue weighted by Gasteiger charge is 2.11. The van der Waals surface area contributed by atoms with E-state index in [-0.39, 0.29) is 5.92 Å². The summed E-state index contributed by atoms with van der Waals surface area (Å²) in [7, 11) is 1.87. The van der Waals surface area contributed by atoms with Gasteiger partial charge < -0.3 is 10.4 Å². The Kier molecular flexibility index (Phi) is 4.76. The van der Waals surface area contributed by atoms with Crippen LogP contribution in [-0.4, -0.2) is 18.1 Å². The molecule has 0 saturated carbocycles. The minimum Gasteiger partial charge on any atom is -0.481 e. The lowest BCUT2D eigenvalue weighted by molar-refractivity contribution is -0.141. The molecule has 1 unspecified atom stereocenters. The molecule has 0 amide bonds. The molecule has 0 aliphatic heterocycles. The summed E-state index contributed by atoms with van der Waals surface area (Å²) in [6.07, 6.45) is 2.51. The van der Waals surface area contributed by atoms with Crippen molar-refractivity contribution in [3.63, 3.8) is 0 Å². The van der Waals surface area contributed by atoms with Gasteiger partial charge in [-0.3, -0.25) is 4.79 Å². The Hall–Kier alpha value is -1.77. The maximum Gasteiger partial charge on any atom is 0.306 e. The Morgan fingerprint density at radius 2 is 2.00 bits per heavy atom. The van der Waals surface area contributed by atoms with E-state index in [1.54, 1.807) is 6.92 Å². The normalized spacial score (nSPS) is 13.2. The molecular formula is C14H19NO2. The summed E-state index contributed by atoms with van der Waals surface area (Å²) in [6.45, 7) is 3.76. The third kappa shape index (κ3) is 3.94. The van der Waals surface area contributed by atoms with E-state index in [9.17, 15) is 4.79 Å². The second-order valence-electron chi connectivity index (χ2n) is 4.26. The van der Waals surface area contributed by atoms with Gasteiger partial charge in [0.05, 0.1) is 5.92 Å². The number of carbonyl (C=O) groups is 1. The van der Waals surface area contributed by atoms with Crippen LogP contribution < -0.4 is 5.32 Å². The van der Waals surface area contributed by atoms with Crippen molar-refractivity contribution >= 4 is 11.5 Å². The molecule has 0 aromatic heterocycles. The molecule has 0 aliphatic rings. The fourth-order valence-electron chi connectivity index (χ4n) is 1.64. The minimum absolute atomic E-state index is 0.338. The van der Waals surface area contributed by atoms with Crippen molar-refractivity contribution in [1.82, 2.24) is 5.32 Å². The molecule has 0 bridgehead atoms. The number of hydrogen-bond donors (Lipinski definition) is 2. The molecule has 3 heteroatoms. The number of hydrogen-bond acceptors (Lipinski definition) is 2. The van der Waals surface area contributed by atoms with E-state index in [1.807, 2.05) is 44.4 Å². The Morgan fingerprint density at radius 3 is 2.47 bits per heavy atom. The smallest absolute Gasteiger partial charge is 0.306 e. The summed E-state index contributed by atoms with van der Waals surface area (Å²) in [5.74, 6) is -1.09.